The number of hydrogen-bond acceptors (Lipinski definition) is 3. The molecule has 3 heteroatoms. The molecule has 0 bridgehead atoms. The van der Waals surface area contributed by atoms with Crippen LogP contribution in [0.1, 0.15) is 51.4 Å². The van der Waals surface area contributed by atoms with Gasteiger partial charge in [-0.3, -0.25) is 4.90 Å². The summed E-state index contributed by atoms with van der Waals surface area (Å²) in [7, 11) is 2.35. The molecular weight excluding hydrogens is 222 g/mol. The van der Waals surface area contributed by atoms with Crippen molar-refractivity contribution in [1.29, 1.82) is 0 Å². The Balaban J connectivity index is 1.72. The Morgan fingerprint density at radius 1 is 1.17 bits per heavy atom. The third kappa shape index (κ3) is 2.10. The molecule has 2 atom stereocenters. The zero-order valence-electron chi connectivity index (χ0n) is 11.9. The topological polar surface area (TPSA) is 32.5 Å². The van der Waals surface area contributed by atoms with Gasteiger partial charge in [-0.2, -0.15) is 0 Å². The molecule has 3 rings (SSSR count). The molecule has 2 saturated heterocycles. The first-order valence-electron chi connectivity index (χ1n) is 7.92. The summed E-state index contributed by atoms with van der Waals surface area (Å²) >= 11 is 0. The first kappa shape index (κ1) is 12.9. The maximum atomic E-state index is 6.23. The minimum atomic E-state index is 0.306. The summed E-state index contributed by atoms with van der Waals surface area (Å²) in [4.78, 5) is 5.39. The molecule has 2 unspecified atom stereocenters. The maximum absolute atomic E-state index is 6.23. The molecule has 1 aliphatic carbocycles. The molecule has 0 aromatic carbocycles. The van der Waals surface area contributed by atoms with Gasteiger partial charge in [0.05, 0.1) is 0 Å². The van der Waals surface area contributed by atoms with Gasteiger partial charge in [-0.1, -0.05) is 12.8 Å². The second-order valence-corrected chi connectivity index (χ2v) is 6.76. The highest BCUT2D eigenvalue weighted by Crippen LogP contribution is 2.38. The van der Waals surface area contributed by atoms with E-state index in [4.69, 9.17) is 5.73 Å². The van der Waals surface area contributed by atoms with Gasteiger partial charge in [0.2, 0.25) is 0 Å². The molecular formula is C15H29N3. The number of rotatable bonds is 3. The van der Waals surface area contributed by atoms with Gasteiger partial charge in [0.15, 0.2) is 0 Å². The summed E-state index contributed by atoms with van der Waals surface area (Å²) in [5, 5.41) is 0. The lowest BCUT2D eigenvalue weighted by Gasteiger charge is -2.51. The van der Waals surface area contributed by atoms with E-state index in [2.05, 4.69) is 16.8 Å². The number of nitrogens with two attached hydrogens (primary N) is 1. The number of hydrogen-bond donors (Lipinski definition) is 1. The van der Waals surface area contributed by atoms with E-state index in [9.17, 15) is 0 Å². The van der Waals surface area contributed by atoms with E-state index in [0.717, 1.165) is 18.6 Å². The molecule has 2 heterocycles. The van der Waals surface area contributed by atoms with E-state index >= 15 is 0 Å². The molecule has 3 aliphatic rings. The molecule has 3 fully saturated rings. The van der Waals surface area contributed by atoms with E-state index in [0.29, 0.717) is 5.54 Å². The molecule has 0 radical (unpaired) electrons. The number of piperidine rings is 1. The Morgan fingerprint density at radius 3 is 2.67 bits per heavy atom. The number of nitrogens with zero attached hydrogens (tertiary/aromatic N) is 2. The fraction of sp³-hybridized carbons (Fsp3) is 1.00. The van der Waals surface area contributed by atoms with E-state index in [1.54, 1.807) is 0 Å². The van der Waals surface area contributed by atoms with Crippen molar-refractivity contribution in [2.45, 2.75) is 69.0 Å². The first-order chi connectivity index (χ1) is 8.75. The predicted molar refractivity (Wildman–Crippen MR) is 75.6 cm³/mol. The zero-order chi connectivity index (χ0) is 12.6. The van der Waals surface area contributed by atoms with E-state index in [-0.39, 0.29) is 0 Å². The van der Waals surface area contributed by atoms with Crippen LogP contribution >= 0.6 is 0 Å². The van der Waals surface area contributed by atoms with Crippen LogP contribution in [0.4, 0.5) is 0 Å². The van der Waals surface area contributed by atoms with Crippen LogP contribution in [0, 0.1) is 0 Å². The summed E-state index contributed by atoms with van der Waals surface area (Å²) in [6.45, 7) is 3.46. The fourth-order valence-electron chi connectivity index (χ4n) is 4.64. The third-order valence-corrected chi connectivity index (χ3v) is 5.98. The highest BCUT2D eigenvalue weighted by Gasteiger charge is 2.45. The van der Waals surface area contributed by atoms with Crippen molar-refractivity contribution in [1.82, 2.24) is 9.80 Å². The highest BCUT2D eigenvalue weighted by molar-refractivity contribution is 5.02. The molecule has 1 saturated carbocycles. The Hall–Kier alpha value is -0.120. The van der Waals surface area contributed by atoms with Crippen molar-refractivity contribution in [2.75, 3.05) is 26.7 Å². The quantitative estimate of drug-likeness (QED) is 0.830. The average molecular weight is 251 g/mol. The van der Waals surface area contributed by atoms with Gasteiger partial charge < -0.3 is 10.6 Å². The van der Waals surface area contributed by atoms with E-state index < -0.39 is 0 Å². The summed E-state index contributed by atoms with van der Waals surface area (Å²) in [5.74, 6) is 0. The van der Waals surface area contributed by atoms with Gasteiger partial charge in [0, 0.05) is 30.7 Å². The second-order valence-electron chi connectivity index (χ2n) is 6.76. The van der Waals surface area contributed by atoms with Gasteiger partial charge >= 0.3 is 0 Å². The van der Waals surface area contributed by atoms with Crippen molar-refractivity contribution in [3.05, 3.63) is 0 Å². The molecule has 3 nitrogen and oxygen atoms in total. The zero-order valence-corrected chi connectivity index (χ0v) is 11.9. The lowest BCUT2D eigenvalue weighted by molar-refractivity contribution is 0.00267. The molecule has 18 heavy (non-hydrogen) atoms. The normalized spacial score (nSPS) is 38.5. The smallest absolute Gasteiger partial charge is 0.0358 e. The fourth-order valence-corrected chi connectivity index (χ4v) is 4.64. The summed E-state index contributed by atoms with van der Waals surface area (Å²) in [6, 6.07) is 1.63. The molecule has 104 valence electrons. The average Bonchev–Trinajstić information content (AvgIpc) is 3.07. The number of likely N-dealkylation sites (N-methyl/N-ethyl adjacent to an activating group) is 1. The van der Waals surface area contributed by atoms with Crippen LogP contribution in [0.15, 0.2) is 0 Å². The van der Waals surface area contributed by atoms with Crippen LogP contribution in [-0.4, -0.2) is 54.1 Å². The van der Waals surface area contributed by atoms with Crippen molar-refractivity contribution in [3.8, 4) is 0 Å². The van der Waals surface area contributed by atoms with Gasteiger partial charge in [-0.05, 0) is 52.1 Å². The monoisotopic (exact) mass is 251 g/mol. The second kappa shape index (κ2) is 5.10. The van der Waals surface area contributed by atoms with Crippen molar-refractivity contribution in [2.24, 2.45) is 5.73 Å². The number of fused-ring (bicyclic) bond motifs is 1. The van der Waals surface area contributed by atoms with Crippen molar-refractivity contribution in [3.63, 3.8) is 0 Å². The minimum Gasteiger partial charge on any atom is -0.329 e. The van der Waals surface area contributed by atoms with Crippen LogP contribution in [0.2, 0.25) is 0 Å². The highest BCUT2D eigenvalue weighted by atomic mass is 15.3. The Kier molecular flexibility index (Phi) is 3.65. The lowest BCUT2D eigenvalue weighted by atomic mass is 9.81. The van der Waals surface area contributed by atoms with Crippen LogP contribution < -0.4 is 5.73 Å². The molecule has 0 aromatic heterocycles. The van der Waals surface area contributed by atoms with Gasteiger partial charge in [-0.25, -0.2) is 0 Å². The Labute approximate surface area is 112 Å². The SMILES string of the molecule is CN(C1CCCC1)C1(CN)CCN2CCCC2C1. The molecule has 2 aliphatic heterocycles. The summed E-state index contributed by atoms with van der Waals surface area (Å²) < 4.78 is 0. The lowest BCUT2D eigenvalue weighted by Crippen LogP contribution is -2.61. The summed E-state index contributed by atoms with van der Waals surface area (Å²) in [5.41, 5.74) is 6.54. The van der Waals surface area contributed by atoms with Crippen molar-refractivity contribution >= 4 is 0 Å². The van der Waals surface area contributed by atoms with Gasteiger partial charge in [-0.15, -0.1) is 0 Å². The Morgan fingerprint density at radius 2 is 1.94 bits per heavy atom. The molecule has 0 aromatic rings. The summed E-state index contributed by atoms with van der Waals surface area (Å²) in [6.07, 6.45) is 11.0. The van der Waals surface area contributed by atoms with E-state index in [1.807, 2.05) is 0 Å². The molecule has 0 amide bonds. The molecule has 2 N–H and O–H groups in total. The van der Waals surface area contributed by atoms with Crippen molar-refractivity contribution < 1.29 is 0 Å². The minimum absolute atomic E-state index is 0.306. The standard InChI is InChI=1S/C15H29N3/c1-17(13-5-2-3-6-13)15(12-16)8-10-18-9-4-7-14(18)11-15/h13-14H,2-12,16H2,1H3. The third-order valence-electron chi connectivity index (χ3n) is 5.98. The first-order valence-corrected chi connectivity index (χ1v) is 7.92. The largest absolute Gasteiger partial charge is 0.329 e. The van der Waals surface area contributed by atoms with Crippen LogP contribution in [0.5, 0.6) is 0 Å². The van der Waals surface area contributed by atoms with E-state index in [1.165, 1.54) is 64.5 Å². The maximum Gasteiger partial charge on any atom is 0.0358 e. The van der Waals surface area contributed by atoms with Crippen LogP contribution in [-0.2, 0) is 0 Å². The molecule has 0 spiro atoms. The van der Waals surface area contributed by atoms with Gasteiger partial charge in [0.25, 0.3) is 0 Å². The predicted octanol–water partition coefficient (Wildman–Crippen LogP) is 1.82. The van der Waals surface area contributed by atoms with Crippen LogP contribution in [0.25, 0.3) is 0 Å². The van der Waals surface area contributed by atoms with Crippen LogP contribution in [0.3, 0.4) is 0 Å². The Bertz CT molecular complexity index is 287. The van der Waals surface area contributed by atoms with Gasteiger partial charge in [0.1, 0.15) is 0 Å².